The normalized spacial score (nSPS) is 13.9. The molecule has 0 radical (unpaired) electrons. The molecule has 0 saturated carbocycles. The third-order valence-electron chi connectivity index (χ3n) is 3.50. The van der Waals surface area contributed by atoms with E-state index in [1.54, 1.807) is 6.92 Å². The van der Waals surface area contributed by atoms with Crippen molar-refractivity contribution in [3.05, 3.63) is 29.3 Å². The Morgan fingerprint density at radius 3 is 2.48 bits per heavy atom. The lowest BCUT2D eigenvalue weighted by atomic mass is 9.98. The molecular weight excluding hydrogens is 266 g/mol. The van der Waals surface area contributed by atoms with Crippen molar-refractivity contribution in [3.8, 4) is 5.75 Å². The summed E-state index contributed by atoms with van der Waals surface area (Å²) in [5.74, 6) is 1.01. The number of benzene rings is 1. The van der Waals surface area contributed by atoms with Gasteiger partial charge in [0.2, 0.25) is 0 Å². The highest BCUT2D eigenvalue weighted by Gasteiger charge is 2.17. The fraction of sp³-hybridized carbons (Fsp3) is 0.588. The van der Waals surface area contributed by atoms with Crippen molar-refractivity contribution >= 4 is 5.91 Å². The molecule has 4 nitrogen and oxygen atoms in total. The summed E-state index contributed by atoms with van der Waals surface area (Å²) in [5, 5.41) is 11.7. The molecule has 2 atom stereocenters. The maximum atomic E-state index is 12.0. The average molecular weight is 293 g/mol. The number of aliphatic hydroxyl groups excluding tert-OH is 1. The lowest BCUT2D eigenvalue weighted by Gasteiger charge is -2.19. The molecule has 0 aromatic heterocycles. The van der Waals surface area contributed by atoms with E-state index in [-0.39, 0.29) is 18.6 Å². The van der Waals surface area contributed by atoms with E-state index in [0.717, 1.165) is 0 Å². The quantitative estimate of drug-likeness (QED) is 0.812. The van der Waals surface area contributed by atoms with Gasteiger partial charge in [-0.1, -0.05) is 19.9 Å². The van der Waals surface area contributed by atoms with Crippen LogP contribution in [0.15, 0.2) is 18.2 Å². The van der Waals surface area contributed by atoms with Crippen molar-refractivity contribution in [2.45, 2.75) is 59.1 Å². The van der Waals surface area contributed by atoms with Crippen molar-refractivity contribution in [1.29, 1.82) is 0 Å². The molecule has 2 N–H and O–H groups in total. The van der Waals surface area contributed by atoms with Gasteiger partial charge in [-0.3, -0.25) is 4.79 Å². The number of nitrogens with one attached hydrogen (secondary N) is 1. The Morgan fingerprint density at radius 1 is 1.29 bits per heavy atom. The molecule has 0 spiro atoms. The van der Waals surface area contributed by atoms with E-state index in [2.05, 4.69) is 26.1 Å². The molecule has 4 heteroatoms. The van der Waals surface area contributed by atoms with Gasteiger partial charge < -0.3 is 15.2 Å². The van der Waals surface area contributed by atoms with Gasteiger partial charge in [-0.25, -0.2) is 0 Å². The van der Waals surface area contributed by atoms with Gasteiger partial charge in [0.15, 0.2) is 6.10 Å². The second-order valence-electron chi connectivity index (χ2n) is 5.86. The molecule has 1 rings (SSSR count). The van der Waals surface area contributed by atoms with Gasteiger partial charge in [0.25, 0.3) is 5.91 Å². The number of carbonyl (C=O) groups is 1. The molecule has 1 aromatic carbocycles. The summed E-state index contributed by atoms with van der Waals surface area (Å²) < 4.78 is 5.70. The summed E-state index contributed by atoms with van der Waals surface area (Å²) >= 11 is 0. The van der Waals surface area contributed by atoms with Crippen LogP contribution in [-0.4, -0.2) is 29.8 Å². The largest absolute Gasteiger partial charge is 0.481 e. The van der Waals surface area contributed by atoms with Crippen molar-refractivity contribution in [1.82, 2.24) is 5.32 Å². The fourth-order valence-electron chi connectivity index (χ4n) is 2.25. The van der Waals surface area contributed by atoms with Crippen molar-refractivity contribution in [3.63, 3.8) is 0 Å². The Bertz CT molecular complexity index is 471. The summed E-state index contributed by atoms with van der Waals surface area (Å²) in [6.07, 6.45) is -0.0175. The SMILES string of the molecule is Cc1cc(OC(C)C(=O)NC(C)CCO)ccc1C(C)C. The smallest absolute Gasteiger partial charge is 0.260 e. The van der Waals surface area contributed by atoms with Gasteiger partial charge in [-0.2, -0.15) is 0 Å². The van der Waals surface area contributed by atoms with Crippen LogP contribution in [0.2, 0.25) is 0 Å². The summed E-state index contributed by atoms with van der Waals surface area (Å²) in [6.45, 7) is 10.0. The third-order valence-corrected chi connectivity index (χ3v) is 3.50. The van der Waals surface area contributed by atoms with E-state index in [1.165, 1.54) is 11.1 Å². The highest BCUT2D eigenvalue weighted by Crippen LogP contribution is 2.24. The van der Waals surface area contributed by atoms with Crippen LogP contribution in [0.4, 0.5) is 0 Å². The van der Waals surface area contributed by atoms with E-state index in [0.29, 0.717) is 18.1 Å². The molecule has 21 heavy (non-hydrogen) atoms. The van der Waals surface area contributed by atoms with Crippen LogP contribution in [0.25, 0.3) is 0 Å². The molecule has 0 saturated heterocycles. The topological polar surface area (TPSA) is 58.6 Å². The summed E-state index contributed by atoms with van der Waals surface area (Å²) in [6, 6.07) is 5.87. The Balaban J connectivity index is 2.64. The lowest BCUT2D eigenvalue weighted by Crippen LogP contribution is -2.41. The predicted molar refractivity (Wildman–Crippen MR) is 84.7 cm³/mol. The molecule has 0 heterocycles. The zero-order chi connectivity index (χ0) is 16.0. The average Bonchev–Trinajstić information content (AvgIpc) is 2.38. The first-order valence-electron chi connectivity index (χ1n) is 7.53. The van der Waals surface area contributed by atoms with Crippen LogP contribution in [0.1, 0.15) is 51.2 Å². The Kier molecular flexibility index (Phi) is 6.69. The Hall–Kier alpha value is -1.55. The summed E-state index contributed by atoms with van der Waals surface area (Å²) in [5.41, 5.74) is 2.46. The van der Waals surface area contributed by atoms with Gasteiger partial charge in [-0.05, 0) is 56.4 Å². The van der Waals surface area contributed by atoms with Crippen molar-refractivity contribution < 1.29 is 14.6 Å². The van der Waals surface area contributed by atoms with Crippen molar-refractivity contribution in [2.75, 3.05) is 6.61 Å². The Labute approximate surface area is 127 Å². The number of hydrogen-bond donors (Lipinski definition) is 2. The van der Waals surface area contributed by atoms with Crippen LogP contribution >= 0.6 is 0 Å². The van der Waals surface area contributed by atoms with E-state index >= 15 is 0 Å². The number of aliphatic hydroxyl groups is 1. The third kappa shape index (κ3) is 5.38. The minimum Gasteiger partial charge on any atom is -0.481 e. The highest BCUT2D eigenvalue weighted by atomic mass is 16.5. The van der Waals surface area contributed by atoms with Crippen LogP contribution in [0, 0.1) is 6.92 Å². The molecule has 0 aliphatic rings. The van der Waals surface area contributed by atoms with Gasteiger partial charge in [0, 0.05) is 12.6 Å². The van der Waals surface area contributed by atoms with E-state index in [4.69, 9.17) is 9.84 Å². The molecule has 1 amide bonds. The number of hydrogen-bond acceptors (Lipinski definition) is 3. The molecule has 0 aliphatic heterocycles. The fourth-order valence-corrected chi connectivity index (χ4v) is 2.25. The maximum absolute atomic E-state index is 12.0. The molecule has 1 aromatic rings. The van der Waals surface area contributed by atoms with Gasteiger partial charge in [0.05, 0.1) is 0 Å². The van der Waals surface area contributed by atoms with E-state index < -0.39 is 6.10 Å². The second-order valence-corrected chi connectivity index (χ2v) is 5.86. The first-order valence-corrected chi connectivity index (χ1v) is 7.53. The van der Waals surface area contributed by atoms with Crippen LogP contribution in [0.3, 0.4) is 0 Å². The number of ether oxygens (including phenoxy) is 1. The molecular formula is C17H27NO3. The first kappa shape index (κ1) is 17.5. The number of carbonyl (C=O) groups excluding carboxylic acids is 1. The summed E-state index contributed by atoms with van der Waals surface area (Å²) in [4.78, 5) is 12.0. The number of rotatable bonds is 7. The van der Waals surface area contributed by atoms with Crippen LogP contribution < -0.4 is 10.1 Å². The minimum absolute atomic E-state index is 0.0568. The minimum atomic E-state index is -0.560. The molecule has 0 fully saturated rings. The monoisotopic (exact) mass is 293 g/mol. The maximum Gasteiger partial charge on any atom is 0.260 e. The zero-order valence-electron chi connectivity index (χ0n) is 13.6. The molecule has 118 valence electrons. The first-order chi connectivity index (χ1) is 9.85. The highest BCUT2D eigenvalue weighted by molar-refractivity contribution is 5.80. The van der Waals surface area contributed by atoms with E-state index in [1.807, 2.05) is 25.1 Å². The van der Waals surface area contributed by atoms with Crippen molar-refractivity contribution in [2.24, 2.45) is 0 Å². The summed E-state index contributed by atoms with van der Waals surface area (Å²) in [7, 11) is 0. The van der Waals surface area contributed by atoms with Crippen LogP contribution in [-0.2, 0) is 4.79 Å². The molecule has 2 unspecified atom stereocenters. The lowest BCUT2D eigenvalue weighted by molar-refractivity contribution is -0.127. The standard InChI is InChI=1S/C17H27NO3/c1-11(2)16-7-6-15(10-12(16)3)21-14(5)17(20)18-13(4)8-9-19/h6-7,10-11,13-14,19H,8-9H2,1-5H3,(H,18,20). The zero-order valence-corrected chi connectivity index (χ0v) is 13.6. The molecule has 0 aliphatic carbocycles. The Morgan fingerprint density at radius 2 is 1.95 bits per heavy atom. The van der Waals surface area contributed by atoms with Gasteiger partial charge >= 0.3 is 0 Å². The number of amides is 1. The second kappa shape index (κ2) is 8.03. The molecule has 0 bridgehead atoms. The predicted octanol–water partition coefficient (Wildman–Crippen LogP) is 2.77. The van der Waals surface area contributed by atoms with Gasteiger partial charge in [-0.15, -0.1) is 0 Å². The van der Waals surface area contributed by atoms with E-state index in [9.17, 15) is 4.79 Å². The number of aryl methyl sites for hydroxylation is 1. The van der Waals surface area contributed by atoms with Gasteiger partial charge in [0.1, 0.15) is 5.75 Å². The van der Waals surface area contributed by atoms with Crippen LogP contribution in [0.5, 0.6) is 5.75 Å².